The van der Waals surface area contributed by atoms with E-state index in [1.165, 1.54) is 0 Å². The molecule has 0 atom stereocenters. The third-order valence-electron chi connectivity index (χ3n) is 3.06. The molecule has 3 aromatic rings. The van der Waals surface area contributed by atoms with Crippen LogP contribution in [0.15, 0.2) is 29.9 Å². The number of thiazole rings is 1. The first kappa shape index (κ1) is 12.0. The van der Waals surface area contributed by atoms with E-state index in [2.05, 4.69) is 9.97 Å². The molecule has 2 heterocycles. The molecule has 0 fully saturated rings. The van der Waals surface area contributed by atoms with Gasteiger partial charge in [0.25, 0.3) is 0 Å². The maximum Gasteiger partial charge on any atom is 0.185 e. The molecule has 0 aliphatic carbocycles. The second-order valence-corrected chi connectivity index (χ2v) is 5.46. The lowest BCUT2D eigenvalue weighted by Gasteiger charge is -2.06. The second kappa shape index (κ2) is 4.59. The zero-order valence-corrected chi connectivity index (χ0v) is 11.5. The summed E-state index contributed by atoms with van der Waals surface area (Å²) in [4.78, 5) is 19.8. The van der Waals surface area contributed by atoms with Crippen LogP contribution >= 0.6 is 11.3 Å². The number of carbonyl (C=O) groups is 1. The Kier molecular flexibility index (Phi) is 2.91. The molecule has 3 rings (SSSR count). The van der Waals surface area contributed by atoms with Crippen molar-refractivity contribution in [1.29, 1.82) is 0 Å². The van der Waals surface area contributed by atoms with Crippen LogP contribution in [0.3, 0.4) is 0 Å². The van der Waals surface area contributed by atoms with Gasteiger partial charge in [-0.15, -0.1) is 11.3 Å². The van der Waals surface area contributed by atoms with Crippen molar-refractivity contribution in [3.63, 3.8) is 0 Å². The van der Waals surface area contributed by atoms with E-state index in [9.17, 15) is 4.79 Å². The van der Waals surface area contributed by atoms with Gasteiger partial charge in [0.15, 0.2) is 12.1 Å². The maximum atomic E-state index is 11.1. The standard InChI is InChI=1S/C14H13N3OS/c1-9(2)17-6-12(16-13(17)7-18)10-4-3-5-11-14(10)19-8-15-11/h3-9H,1-2H3. The van der Waals surface area contributed by atoms with E-state index in [0.29, 0.717) is 5.82 Å². The Bertz CT molecular complexity index is 742. The van der Waals surface area contributed by atoms with E-state index in [0.717, 1.165) is 27.8 Å². The second-order valence-electron chi connectivity index (χ2n) is 4.61. The highest BCUT2D eigenvalue weighted by Crippen LogP contribution is 2.30. The highest BCUT2D eigenvalue weighted by atomic mass is 32.1. The van der Waals surface area contributed by atoms with Gasteiger partial charge in [0.2, 0.25) is 0 Å². The summed E-state index contributed by atoms with van der Waals surface area (Å²) in [6.45, 7) is 4.07. The zero-order chi connectivity index (χ0) is 13.4. The molecule has 0 amide bonds. The molecule has 5 heteroatoms. The van der Waals surface area contributed by atoms with Crippen LogP contribution in [-0.2, 0) is 0 Å². The number of nitrogens with zero attached hydrogens (tertiary/aromatic N) is 3. The molecule has 1 aromatic carbocycles. The lowest BCUT2D eigenvalue weighted by molar-refractivity contribution is 0.111. The monoisotopic (exact) mass is 271 g/mol. The first-order valence-corrected chi connectivity index (χ1v) is 6.95. The van der Waals surface area contributed by atoms with Crippen molar-refractivity contribution in [2.75, 3.05) is 0 Å². The first-order valence-electron chi connectivity index (χ1n) is 6.07. The van der Waals surface area contributed by atoms with Crippen LogP contribution in [-0.4, -0.2) is 20.8 Å². The molecule has 0 radical (unpaired) electrons. The predicted molar refractivity (Wildman–Crippen MR) is 76.6 cm³/mol. The Morgan fingerprint density at radius 2 is 2.21 bits per heavy atom. The van der Waals surface area contributed by atoms with Gasteiger partial charge in [-0.25, -0.2) is 9.97 Å². The number of fused-ring (bicyclic) bond motifs is 1. The van der Waals surface area contributed by atoms with Crippen molar-refractivity contribution >= 4 is 27.8 Å². The maximum absolute atomic E-state index is 11.1. The number of aromatic nitrogens is 3. The van der Waals surface area contributed by atoms with Gasteiger partial charge in [-0.05, 0) is 19.9 Å². The average Bonchev–Trinajstić information content (AvgIpc) is 3.04. The van der Waals surface area contributed by atoms with Crippen LogP contribution in [0, 0.1) is 0 Å². The van der Waals surface area contributed by atoms with Crippen molar-refractivity contribution < 1.29 is 4.79 Å². The lowest BCUT2D eigenvalue weighted by atomic mass is 10.1. The Labute approximate surface area is 114 Å². The molecule has 0 spiro atoms. The molecular weight excluding hydrogens is 258 g/mol. The van der Waals surface area contributed by atoms with E-state index < -0.39 is 0 Å². The third kappa shape index (κ3) is 1.96. The van der Waals surface area contributed by atoms with E-state index in [4.69, 9.17) is 0 Å². The molecule has 2 aromatic heterocycles. The van der Waals surface area contributed by atoms with Gasteiger partial charge in [-0.2, -0.15) is 0 Å². The fourth-order valence-electron chi connectivity index (χ4n) is 2.13. The summed E-state index contributed by atoms with van der Waals surface area (Å²) in [7, 11) is 0. The van der Waals surface area contributed by atoms with Crippen LogP contribution < -0.4 is 0 Å². The lowest BCUT2D eigenvalue weighted by Crippen LogP contribution is -2.03. The Balaban J connectivity index is 2.22. The van der Waals surface area contributed by atoms with E-state index in [1.807, 2.05) is 48.3 Å². The molecule has 0 saturated carbocycles. The highest BCUT2D eigenvalue weighted by molar-refractivity contribution is 7.17. The van der Waals surface area contributed by atoms with Gasteiger partial charge in [0, 0.05) is 17.8 Å². The van der Waals surface area contributed by atoms with Gasteiger partial charge in [0.1, 0.15) is 0 Å². The summed E-state index contributed by atoms with van der Waals surface area (Å²) >= 11 is 1.59. The number of hydrogen-bond acceptors (Lipinski definition) is 4. The van der Waals surface area contributed by atoms with Crippen LogP contribution in [0.4, 0.5) is 0 Å². The fraction of sp³-hybridized carbons (Fsp3) is 0.214. The van der Waals surface area contributed by atoms with Gasteiger partial charge >= 0.3 is 0 Å². The molecular formula is C14H13N3OS. The number of carbonyl (C=O) groups excluding carboxylic acids is 1. The topological polar surface area (TPSA) is 47.8 Å². The molecule has 0 bridgehead atoms. The average molecular weight is 271 g/mol. The van der Waals surface area contributed by atoms with Crippen molar-refractivity contribution in [3.05, 3.63) is 35.7 Å². The van der Waals surface area contributed by atoms with Crippen molar-refractivity contribution in [2.24, 2.45) is 0 Å². The van der Waals surface area contributed by atoms with E-state index in [1.54, 1.807) is 11.3 Å². The number of benzene rings is 1. The van der Waals surface area contributed by atoms with Gasteiger partial charge in [0.05, 0.1) is 21.4 Å². The number of hydrogen-bond donors (Lipinski definition) is 0. The molecule has 4 nitrogen and oxygen atoms in total. The molecule has 96 valence electrons. The SMILES string of the molecule is CC(C)n1cc(-c2cccc3ncsc23)nc1C=O. The Morgan fingerprint density at radius 1 is 1.37 bits per heavy atom. The van der Waals surface area contributed by atoms with Crippen LogP contribution in [0.25, 0.3) is 21.5 Å². The summed E-state index contributed by atoms with van der Waals surface area (Å²) in [6, 6.07) is 6.17. The smallest absolute Gasteiger partial charge is 0.185 e. The quantitative estimate of drug-likeness (QED) is 0.684. The van der Waals surface area contributed by atoms with Crippen molar-refractivity contribution in [2.45, 2.75) is 19.9 Å². The number of imidazole rings is 1. The number of aldehydes is 1. The zero-order valence-electron chi connectivity index (χ0n) is 10.7. The predicted octanol–water partition coefficient (Wildman–Crippen LogP) is 3.55. The molecule has 0 aliphatic heterocycles. The van der Waals surface area contributed by atoms with E-state index in [-0.39, 0.29) is 6.04 Å². The fourth-order valence-corrected chi connectivity index (χ4v) is 2.94. The highest BCUT2D eigenvalue weighted by Gasteiger charge is 2.13. The van der Waals surface area contributed by atoms with Gasteiger partial charge in [-0.1, -0.05) is 12.1 Å². The summed E-state index contributed by atoms with van der Waals surface area (Å²) in [5.74, 6) is 0.464. The minimum absolute atomic E-state index is 0.210. The first-order chi connectivity index (χ1) is 9.20. The molecule has 19 heavy (non-hydrogen) atoms. The summed E-state index contributed by atoms with van der Waals surface area (Å²) in [5, 5.41) is 0. The minimum Gasteiger partial charge on any atom is -0.326 e. The number of rotatable bonds is 3. The molecule has 0 aliphatic rings. The summed E-state index contributed by atoms with van der Waals surface area (Å²) < 4.78 is 3.00. The Morgan fingerprint density at radius 3 is 2.89 bits per heavy atom. The molecule has 0 saturated heterocycles. The van der Waals surface area contributed by atoms with Crippen LogP contribution in [0.5, 0.6) is 0 Å². The van der Waals surface area contributed by atoms with E-state index >= 15 is 0 Å². The van der Waals surface area contributed by atoms with Gasteiger partial charge in [-0.3, -0.25) is 4.79 Å². The summed E-state index contributed by atoms with van der Waals surface area (Å²) in [5.41, 5.74) is 4.65. The van der Waals surface area contributed by atoms with Crippen molar-refractivity contribution in [1.82, 2.24) is 14.5 Å². The van der Waals surface area contributed by atoms with Crippen LogP contribution in [0.1, 0.15) is 30.5 Å². The van der Waals surface area contributed by atoms with Gasteiger partial charge < -0.3 is 4.57 Å². The third-order valence-corrected chi connectivity index (χ3v) is 3.93. The minimum atomic E-state index is 0.210. The van der Waals surface area contributed by atoms with Crippen molar-refractivity contribution in [3.8, 4) is 11.3 Å². The van der Waals surface area contributed by atoms with Crippen LogP contribution in [0.2, 0.25) is 0 Å². The Hall–Kier alpha value is -2.01. The molecule has 0 unspecified atom stereocenters. The summed E-state index contributed by atoms with van der Waals surface area (Å²) in [6.07, 6.45) is 2.74. The normalized spacial score (nSPS) is 11.3. The molecule has 0 N–H and O–H groups in total. The largest absolute Gasteiger partial charge is 0.326 e.